The van der Waals surface area contributed by atoms with E-state index in [1.165, 1.54) is 11.3 Å². The Bertz CT molecular complexity index is 948. The van der Waals surface area contributed by atoms with E-state index in [9.17, 15) is 0 Å². The van der Waals surface area contributed by atoms with Gasteiger partial charge in [0.05, 0.1) is 5.69 Å². The van der Waals surface area contributed by atoms with Crippen LogP contribution in [0.5, 0.6) is 0 Å². The Labute approximate surface area is 155 Å². The Kier molecular flexibility index (Phi) is 4.50. The summed E-state index contributed by atoms with van der Waals surface area (Å²) in [4.78, 5) is 4.59. The van der Waals surface area contributed by atoms with Crippen LogP contribution in [0.2, 0.25) is 0 Å². The third-order valence-corrected chi connectivity index (χ3v) is 5.74. The first-order valence-electron chi connectivity index (χ1n) is 7.18. The zero-order chi connectivity index (χ0) is 16.4. The summed E-state index contributed by atoms with van der Waals surface area (Å²) in [6.45, 7) is 0. The summed E-state index contributed by atoms with van der Waals surface area (Å²) in [6.07, 6.45) is 4.05. The van der Waals surface area contributed by atoms with Crippen molar-refractivity contribution in [3.63, 3.8) is 0 Å². The predicted octanol–water partition coefficient (Wildman–Crippen LogP) is 4.98. The number of halogens is 1. The van der Waals surface area contributed by atoms with Crippen molar-refractivity contribution in [3.8, 4) is 0 Å². The molecule has 0 saturated heterocycles. The number of nitrogens with zero attached hydrogens (tertiary/aromatic N) is 4. The van der Waals surface area contributed by atoms with Crippen LogP contribution < -0.4 is 5.32 Å². The number of fused-ring (bicyclic) bond motifs is 1. The van der Waals surface area contributed by atoms with Gasteiger partial charge >= 0.3 is 0 Å². The maximum atomic E-state index is 4.59. The van der Waals surface area contributed by atoms with Crippen LogP contribution in [0.25, 0.3) is 5.65 Å². The highest BCUT2D eigenvalue weighted by atomic mass is 79.9. The summed E-state index contributed by atoms with van der Waals surface area (Å²) in [6, 6.07) is 14.0. The molecule has 0 bridgehead atoms. The van der Waals surface area contributed by atoms with E-state index in [1.54, 1.807) is 11.8 Å². The Morgan fingerprint density at radius 3 is 3.00 bits per heavy atom. The van der Waals surface area contributed by atoms with Crippen molar-refractivity contribution in [2.75, 3.05) is 5.32 Å². The molecule has 5 nitrogen and oxygen atoms in total. The second kappa shape index (κ2) is 6.92. The standard InChI is InChI=1S/C16H12BrN5S2/c17-11-4-3-5-12(8-11)19-15-20-21-16(24-15)23-10-13-9-22-7-2-1-6-14(22)18-13/h1-9H,10H2,(H,19,20). The molecule has 120 valence electrons. The first-order valence-corrected chi connectivity index (χ1v) is 9.77. The fourth-order valence-corrected chi connectivity index (χ4v) is 4.26. The molecule has 0 radical (unpaired) electrons. The minimum Gasteiger partial charge on any atom is -0.330 e. The average Bonchev–Trinajstić information content (AvgIpc) is 3.19. The predicted molar refractivity (Wildman–Crippen MR) is 102 cm³/mol. The number of pyridine rings is 1. The van der Waals surface area contributed by atoms with Crippen LogP contribution in [0.15, 0.2) is 63.7 Å². The van der Waals surface area contributed by atoms with E-state index in [1.807, 2.05) is 59.3 Å². The molecule has 0 unspecified atom stereocenters. The normalized spacial score (nSPS) is 11.0. The number of aromatic nitrogens is 4. The van der Waals surface area contributed by atoms with E-state index in [0.29, 0.717) is 0 Å². The van der Waals surface area contributed by atoms with Gasteiger partial charge in [-0.15, -0.1) is 10.2 Å². The maximum absolute atomic E-state index is 4.59. The van der Waals surface area contributed by atoms with Gasteiger partial charge in [-0.1, -0.05) is 51.2 Å². The third-order valence-electron chi connectivity index (χ3n) is 3.24. The Morgan fingerprint density at radius 2 is 2.12 bits per heavy atom. The molecule has 4 aromatic rings. The second-order valence-corrected chi connectivity index (χ2v) is 8.11. The fraction of sp³-hybridized carbons (Fsp3) is 0.0625. The lowest BCUT2D eigenvalue weighted by molar-refractivity contribution is 1.01. The molecular weight excluding hydrogens is 406 g/mol. The Balaban J connectivity index is 1.41. The SMILES string of the molecule is Brc1cccc(Nc2nnc(SCc3cn4ccccc4n3)s2)c1. The van der Waals surface area contributed by atoms with Crippen LogP contribution in [-0.4, -0.2) is 19.6 Å². The number of benzene rings is 1. The molecule has 1 aromatic carbocycles. The van der Waals surface area contributed by atoms with Crippen LogP contribution in [-0.2, 0) is 5.75 Å². The molecule has 3 heterocycles. The highest BCUT2D eigenvalue weighted by Crippen LogP contribution is 2.30. The summed E-state index contributed by atoms with van der Waals surface area (Å²) in [7, 11) is 0. The van der Waals surface area contributed by atoms with Gasteiger partial charge in [0.15, 0.2) is 4.34 Å². The van der Waals surface area contributed by atoms with Crippen molar-refractivity contribution >= 4 is 55.5 Å². The van der Waals surface area contributed by atoms with E-state index in [4.69, 9.17) is 0 Å². The van der Waals surface area contributed by atoms with Gasteiger partial charge in [0.25, 0.3) is 0 Å². The van der Waals surface area contributed by atoms with Gasteiger partial charge in [-0.3, -0.25) is 0 Å². The molecule has 0 amide bonds. The second-order valence-electron chi connectivity index (χ2n) is 5.00. The van der Waals surface area contributed by atoms with E-state index >= 15 is 0 Å². The smallest absolute Gasteiger partial charge is 0.210 e. The molecule has 0 aliphatic rings. The summed E-state index contributed by atoms with van der Waals surface area (Å²) in [5.41, 5.74) is 2.97. The molecule has 0 aliphatic heterocycles. The first kappa shape index (κ1) is 15.6. The minimum atomic E-state index is 0.771. The van der Waals surface area contributed by atoms with Crippen LogP contribution in [0.1, 0.15) is 5.69 Å². The molecule has 3 aromatic heterocycles. The molecule has 8 heteroatoms. The highest BCUT2D eigenvalue weighted by molar-refractivity contribution is 9.10. The number of anilines is 2. The van der Waals surface area contributed by atoms with E-state index < -0.39 is 0 Å². The van der Waals surface area contributed by atoms with Crippen molar-refractivity contribution in [2.24, 2.45) is 0 Å². The molecular formula is C16H12BrN5S2. The van der Waals surface area contributed by atoms with Crippen molar-refractivity contribution in [1.82, 2.24) is 19.6 Å². The third kappa shape index (κ3) is 3.61. The molecule has 0 fully saturated rings. The zero-order valence-electron chi connectivity index (χ0n) is 12.4. The van der Waals surface area contributed by atoms with Crippen molar-refractivity contribution in [1.29, 1.82) is 0 Å². The number of hydrogen-bond acceptors (Lipinski definition) is 6. The van der Waals surface area contributed by atoms with E-state index in [2.05, 4.69) is 36.4 Å². The highest BCUT2D eigenvalue weighted by Gasteiger charge is 2.08. The monoisotopic (exact) mass is 417 g/mol. The number of rotatable bonds is 5. The lowest BCUT2D eigenvalue weighted by Gasteiger charge is -2.01. The van der Waals surface area contributed by atoms with Crippen molar-refractivity contribution < 1.29 is 0 Å². The Morgan fingerprint density at radius 1 is 1.17 bits per heavy atom. The molecule has 24 heavy (non-hydrogen) atoms. The van der Waals surface area contributed by atoms with Gasteiger partial charge in [-0.25, -0.2) is 4.98 Å². The zero-order valence-corrected chi connectivity index (χ0v) is 15.6. The first-order chi connectivity index (χ1) is 11.8. The van der Waals surface area contributed by atoms with Crippen molar-refractivity contribution in [3.05, 3.63) is 65.0 Å². The lowest BCUT2D eigenvalue weighted by atomic mass is 10.3. The van der Waals surface area contributed by atoms with E-state index in [0.717, 1.165) is 36.7 Å². The topological polar surface area (TPSA) is 55.1 Å². The quantitative estimate of drug-likeness (QED) is 0.463. The lowest BCUT2D eigenvalue weighted by Crippen LogP contribution is -1.88. The summed E-state index contributed by atoms with van der Waals surface area (Å²) < 4.78 is 3.97. The summed E-state index contributed by atoms with van der Waals surface area (Å²) in [5.74, 6) is 0.771. The number of imidazole rings is 1. The van der Waals surface area contributed by atoms with Gasteiger partial charge in [-0.05, 0) is 30.3 Å². The van der Waals surface area contributed by atoms with E-state index in [-0.39, 0.29) is 0 Å². The van der Waals surface area contributed by atoms with Crippen LogP contribution >= 0.6 is 39.0 Å². The van der Waals surface area contributed by atoms with Crippen LogP contribution in [0.3, 0.4) is 0 Å². The van der Waals surface area contributed by atoms with Crippen LogP contribution in [0.4, 0.5) is 10.8 Å². The molecule has 0 aliphatic carbocycles. The number of hydrogen-bond donors (Lipinski definition) is 1. The van der Waals surface area contributed by atoms with Gasteiger partial charge < -0.3 is 9.72 Å². The summed E-state index contributed by atoms with van der Waals surface area (Å²) in [5, 5.41) is 12.5. The largest absolute Gasteiger partial charge is 0.330 e. The summed E-state index contributed by atoms with van der Waals surface area (Å²) >= 11 is 6.64. The van der Waals surface area contributed by atoms with Crippen molar-refractivity contribution in [2.45, 2.75) is 10.1 Å². The molecule has 0 spiro atoms. The Hall–Kier alpha value is -1.90. The van der Waals surface area contributed by atoms with Gasteiger partial charge in [-0.2, -0.15) is 0 Å². The van der Waals surface area contributed by atoms with Gasteiger partial charge in [0, 0.05) is 28.3 Å². The van der Waals surface area contributed by atoms with Gasteiger partial charge in [0.1, 0.15) is 5.65 Å². The molecule has 1 N–H and O–H groups in total. The molecule has 0 atom stereocenters. The fourth-order valence-electron chi connectivity index (χ4n) is 2.20. The minimum absolute atomic E-state index is 0.771. The average molecular weight is 418 g/mol. The molecule has 0 saturated carbocycles. The number of nitrogens with one attached hydrogen (secondary N) is 1. The van der Waals surface area contributed by atoms with Crippen LogP contribution in [0, 0.1) is 0 Å². The van der Waals surface area contributed by atoms with Gasteiger partial charge in [0.2, 0.25) is 5.13 Å². The maximum Gasteiger partial charge on any atom is 0.210 e. The molecule has 4 rings (SSSR count). The number of thioether (sulfide) groups is 1.